The van der Waals surface area contributed by atoms with Gasteiger partial charge in [0.05, 0.1) is 0 Å². The van der Waals surface area contributed by atoms with Gasteiger partial charge in [-0.05, 0) is 83.5 Å². The molecule has 0 aromatic rings. The van der Waals surface area contributed by atoms with Crippen molar-refractivity contribution in [2.45, 2.75) is 316 Å². The van der Waals surface area contributed by atoms with Crippen LogP contribution in [0.2, 0.25) is 0 Å². The smallest absolute Gasteiger partial charge is 0.306 e. The number of esters is 3. The van der Waals surface area contributed by atoms with E-state index in [1.807, 2.05) is 0 Å². The second kappa shape index (κ2) is 58.7. The Kier molecular flexibility index (Phi) is 56.3. The van der Waals surface area contributed by atoms with Gasteiger partial charge in [0.15, 0.2) is 6.10 Å². The number of ether oxygens (including phenoxy) is 3. The maximum atomic E-state index is 12.9. The molecule has 0 spiro atoms. The van der Waals surface area contributed by atoms with Crippen molar-refractivity contribution in [2.75, 3.05) is 13.2 Å². The topological polar surface area (TPSA) is 78.9 Å². The van der Waals surface area contributed by atoms with E-state index in [0.29, 0.717) is 19.3 Å². The van der Waals surface area contributed by atoms with Crippen LogP contribution in [0.4, 0.5) is 0 Å². The highest BCUT2D eigenvalue weighted by atomic mass is 16.6. The summed E-state index contributed by atoms with van der Waals surface area (Å²) >= 11 is 0. The fraction of sp³-hybridized carbons (Fsp3) is 0.797. The van der Waals surface area contributed by atoms with Crippen molar-refractivity contribution in [3.05, 3.63) is 60.8 Å². The van der Waals surface area contributed by atoms with Gasteiger partial charge >= 0.3 is 17.9 Å². The van der Waals surface area contributed by atoms with Crippen LogP contribution in [0.5, 0.6) is 0 Å². The summed E-state index contributed by atoms with van der Waals surface area (Å²) in [5.41, 5.74) is 0. The SMILES string of the molecule is CC/C=C\C/C=C\C/C=C\C/C=C\CCCCCCCCCCCCCCC(=O)OCC(COC(=O)CCCCCCC/C=C\CCCCC)OC(=O)CCCCCCCCCCCCCCCCC. The average molecular weight is 980 g/mol. The van der Waals surface area contributed by atoms with Crippen LogP contribution < -0.4 is 0 Å². The zero-order chi connectivity index (χ0) is 50.7. The molecule has 6 heteroatoms. The Hall–Kier alpha value is -2.89. The standard InChI is InChI=1S/C64H114O6/c1-4-7-10-13-16-19-22-25-27-28-29-30-31-32-33-34-35-36-38-39-42-45-48-51-54-57-63(66)69-60-61(59-68-62(65)56-53-50-47-44-41-24-21-18-15-12-9-6-3)70-64(67)58-55-52-49-46-43-40-37-26-23-20-17-14-11-8-5-2/h7,10,16,18-19,21,25,27,29-30,61H,4-6,8-9,11-15,17,20,22-24,26,28,31-60H2,1-3H3/b10-7-,19-16-,21-18-,27-25-,30-29-. The minimum absolute atomic E-state index is 0.0744. The number of carbonyl (C=O) groups excluding carboxylic acids is 3. The number of carbonyl (C=O) groups is 3. The lowest BCUT2D eigenvalue weighted by molar-refractivity contribution is -0.167. The van der Waals surface area contributed by atoms with Crippen LogP contribution in [0.15, 0.2) is 60.8 Å². The Bertz CT molecular complexity index is 1260. The highest BCUT2D eigenvalue weighted by molar-refractivity contribution is 5.71. The van der Waals surface area contributed by atoms with Crippen LogP contribution in [0.25, 0.3) is 0 Å². The first-order valence-electron chi connectivity index (χ1n) is 30.3. The van der Waals surface area contributed by atoms with Gasteiger partial charge in [0.1, 0.15) is 13.2 Å². The van der Waals surface area contributed by atoms with E-state index in [2.05, 4.69) is 81.5 Å². The molecule has 0 rings (SSSR count). The summed E-state index contributed by atoms with van der Waals surface area (Å²) in [6.45, 7) is 6.53. The fourth-order valence-corrected chi connectivity index (χ4v) is 8.72. The molecule has 0 N–H and O–H groups in total. The van der Waals surface area contributed by atoms with E-state index in [4.69, 9.17) is 14.2 Å². The summed E-state index contributed by atoms with van der Waals surface area (Å²) in [6, 6.07) is 0. The lowest BCUT2D eigenvalue weighted by Crippen LogP contribution is -2.30. The van der Waals surface area contributed by atoms with Gasteiger partial charge in [-0.25, -0.2) is 0 Å². The Morgan fingerprint density at radius 1 is 0.300 bits per heavy atom. The van der Waals surface area contributed by atoms with Crippen molar-refractivity contribution in [1.82, 2.24) is 0 Å². The van der Waals surface area contributed by atoms with E-state index in [1.54, 1.807) is 0 Å². The monoisotopic (exact) mass is 979 g/mol. The highest BCUT2D eigenvalue weighted by Crippen LogP contribution is 2.17. The fourth-order valence-electron chi connectivity index (χ4n) is 8.72. The molecular formula is C64H114O6. The summed E-state index contributed by atoms with van der Waals surface area (Å²) in [5.74, 6) is -0.870. The molecule has 0 aliphatic heterocycles. The van der Waals surface area contributed by atoms with Gasteiger partial charge in [0.25, 0.3) is 0 Å². The molecule has 6 nitrogen and oxygen atoms in total. The van der Waals surface area contributed by atoms with Crippen LogP contribution in [-0.2, 0) is 28.6 Å². The van der Waals surface area contributed by atoms with Crippen molar-refractivity contribution in [3.8, 4) is 0 Å². The number of hydrogen-bond donors (Lipinski definition) is 0. The van der Waals surface area contributed by atoms with E-state index in [1.165, 1.54) is 180 Å². The summed E-state index contributed by atoms with van der Waals surface area (Å²) in [7, 11) is 0. The maximum absolute atomic E-state index is 12.9. The second-order valence-corrected chi connectivity index (χ2v) is 20.2. The third kappa shape index (κ3) is 56.0. The summed E-state index contributed by atoms with van der Waals surface area (Å²) < 4.78 is 16.9. The Labute approximate surface area is 434 Å². The molecule has 1 atom stereocenters. The van der Waals surface area contributed by atoms with Crippen LogP contribution in [-0.4, -0.2) is 37.2 Å². The summed E-state index contributed by atoms with van der Waals surface area (Å²) in [6.07, 6.45) is 73.6. The molecule has 406 valence electrons. The predicted octanol–water partition coefficient (Wildman–Crippen LogP) is 20.4. The van der Waals surface area contributed by atoms with Gasteiger partial charge in [-0.3, -0.25) is 14.4 Å². The maximum Gasteiger partial charge on any atom is 0.306 e. The Balaban J connectivity index is 4.25. The molecule has 0 bridgehead atoms. The van der Waals surface area contributed by atoms with E-state index < -0.39 is 6.10 Å². The third-order valence-corrected chi connectivity index (χ3v) is 13.3. The van der Waals surface area contributed by atoms with Gasteiger partial charge in [-0.1, -0.05) is 268 Å². The van der Waals surface area contributed by atoms with Crippen molar-refractivity contribution >= 4 is 17.9 Å². The lowest BCUT2D eigenvalue weighted by atomic mass is 10.0. The highest BCUT2D eigenvalue weighted by Gasteiger charge is 2.19. The van der Waals surface area contributed by atoms with Crippen molar-refractivity contribution in [3.63, 3.8) is 0 Å². The molecule has 0 heterocycles. The normalized spacial score (nSPS) is 12.4. The van der Waals surface area contributed by atoms with Gasteiger partial charge < -0.3 is 14.2 Å². The molecule has 0 amide bonds. The minimum Gasteiger partial charge on any atom is -0.462 e. The summed E-state index contributed by atoms with van der Waals surface area (Å²) in [4.78, 5) is 38.2. The van der Waals surface area contributed by atoms with Gasteiger partial charge in [0.2, 0.25) is 0 Å². The van der Waals surface area contributed by atoms with Crippen LogP contribution in [0.3, 0.4) is 0 Å². The Morgan fingerprint density at radius 2 is 0.557 bits per heavy atom. The van der Waals surface area contributed by atoms with E-state index >= 15 is 0 Å². The zero-order valence-corrected chi connectivity index (χ0v) is 46.5. The molecule has 0 aliphatic rings. The van der Waals surface area contributed by atoms with Crippen LogP contribution in [0.1, 0.15) is 310 Å². The number of hydrogen-bond acceptors (Lipinski definition) is 6. The quantitative estimate of drug-likeness (QED) is 0.0261. The van der Waals surface area contributed by atoms with Crippen molar-refractivity contribution in [1.29, 1.82) is 0 Å². The first-order valence-corrected chi connectivity index (χ1v) is 30.3. The van der Waals surface area contributed by atoms with E-state index in [0.717, 1.165) is 89.9 Å². The van der Waals surface area contributed by atoms with Crippen LogP contribution in [0, 0.1) is 0 Å². The molecule has 1 unspecified atom stereocenters. The molecule has 0 saturated heterocycles. The summed E-state index contributed by atoms with van der Waals surface area (Å²) in [5, 5.41) is 0. The molecule has 0 aliphatic carbocycles. The van der Waals surface area contributed by atoms with Gasteiger partial charge in [-0.2, -0.15) is 0 Å². The number of rotatable bonds is 55. The largest absolute Gasteiger partial charge is 0.462 e. The number of unbranched alkanes of at least 4 members (excludes halogenated alkanes) is 34. The van der Waals surface area contributed by atoms with Crippen molar-refractivity contribution in [2.24, 2.45) is 0 Å². The molecule has 0 fully saturated rings. The zero-order valence-electron chi connectivity index (χ0n) is 46.5. The molecule has 70 heavy (non-hydrogen) atoms. The van der Waals surface area contributed by atoms with Gasteiger partial charge in [-0.15, -0.1) is 0 Å². The van der Waals surface area contributed by atoms with E-state index in [-0.39, 0.29) is 31.1 Å². The molecule has 0 saturated carbocycles. The second-order valence-electron chi connectivity index (χ2n) is 20.2. The molecular weight excluding hydrogens is 865 g/mol. The van der Waals surface area contributed by atoms with Crippen molar-refractivity contribution < 1.29 is 28.6 Å². The first kappa shape index (κ1) is 67.1. The molecule has 0 aromatic carbocycles. The third-order valence-electron chi connectivity index (χ3n) is 13.3. The lowest BCUT2D eigenvalue weighted by Gasteiger charge is -2.18. The minimum atomic E-state index is -0.775. The average Bonchev–Trinajstić information content (AvgIpc) is 3.36. The van der Waals surface area contributed by atoms with Crippen LogP contribution >= 0.6 is 0 Å². The molecule has 0 aromatic heterocycles. The first-order chi connectivity index (χ1) is 34.5. The predicted molar refractivity (Wildman–Crippen MR) is 302 cm³/mol. The van der Waals surface area contributed by atoms with E-state index in [9.17, 15) is 14.4 Å². The van der Waals surface area contributed by atoms with Gasteiger partial charge in [0, 0.05) is 19.3 Å². The molecule has 0 radical (unpaired) electrons. The number of allylic oxidation sites excluding steroid dienone is 10. The Morgan fingerprint density at radius 3 is 0.914 bits per heavy atom.